The van der Waals surface area contributed by atoms with Crippen LogP contribution in [0.5, 0.6) is 23.0 Å². The molecule has 0 atom stereocenters. The minimum Gasteiger partial charge on any atom is -0.508 e. The van der Waals surface area contributed by atoms with Crippen molar-refractivity contribution in [2.24, 2.45) is 0 Å². The van der Waals surface area contributed by atoms with Crippen molar-refractivity contribution in [2.75, 3.05) is 0 Å². The average Bonchev–Trinajstić information content (AvgIpc) is 2.50. The van der Waals surface area contributed by atoms with Crippen LogP contribution in [0, 0.1) is 0 Å². The van der Waals surface area contributed by atoms with Crippen LogP contribution in [0.15, 0.2) is 45.6 Å². The number of rotatable bonds is 2. The van der Waals surface area contributed by atoms with E-state index in [9.17, 15) is 25.2 Å². The molecule has 0 radical (unpaired) electrons. The zero-order valence-electron chi connectivity index (χ0n) is 11.7. The van der Waals surface area contributed by atoms with Crippen LogP contribution in [0.2, 0.25) is 0 Å². The van der Waals surface area contributed by atoms with Gasteiger partial charge in [-0.3, -0.25) is 4.79 Å². The molecule has 23 heavy (non-hydrogen) atoms. The predicted octanol–water partition coefficient (Wildman–Crippen LogP) is 2.79. The largest absolute Gasteiger partial charge is 0.508 e. The van der Waals surface area contributed by atoms with Gasteiger partial charge in [-0.05, 0) is 35.9 Å². The third kappa shape index (κ3) is 2.82. The number of hydrogen-bond donors (Lipinski definition) is 4. The Bertz CT molecular complexity index is 961. The molecule has 0 aliphatic heterocycles. The lowest BCUT2D eigenvalue weighted by Crippen LogP contribution is -1.99. The van der Waals surface area contributed by atoms with Crippen molar-refractivity contribution in [3.63, 3.8) is 0 Å². The maximum Gasteiger partial charge on any atom is 0.200 e. The van der Waals surface area contributed by atoms with Crippen molar-refractivity contribution >= 4 is 23.1 Å². The highest BCUT2D eigenvalue weighted by atomic mass is 16.3. The molecule has 0 unspecified atom stereocenters. The molecular weight excluding hydrogens is 300 g/mol. The third-order valence-electron chi connectivity index (χ3n) is 3.26. The Hall–Kier alpha value is -3.41. The van der Waals surface area contributed by atoms with E-state index in [0.29, 0.717) is 10.9 Å². The first kappa shape index (κ1) is 14.5. The quantitative estimate of drug-likeness (QED) is 0.541. The summed E-state index contributed by atoms with van der Waals surface area (Å²) in [6.07, 6.45) is 2.96. The molecule has 2 aromatic carbocycles. The van der Waals surface area contributed by atoms with Gasteiger partial charge in [-0.1, -0.05) is 6.08 Å². The second kappa shape index (κ2) is 5.42. The summed E-state index contributed by atoms with van der Waals surface area (Å²) in [5.41, 5.74) is 0.382. The minimum absolute atomic E-state index is 0.0184. The molecule has 6 heteroatoms. The first-order valence-electron chi connectivity index (χ1n) is 6.64. The van der Waals surface area contributed by atoms with E-state index in [2.05, 4.69) is 0 Å². The maximum absolute atomic E-state index is 12.0. The van der Waals surface area contributed by atoms with Crippen molar-refractivity contribution in [2.45, 2.75) is 0 Å². The molecule has 0 fully saturated rings. The highest BCUT2D eigenvalue weighted by Gasteiger charge is 2.07. The van der Waals surface area contributed by atoms with Gasteiger partial charge in [-0.25, -0.2) is 0 Å². The van der Waals surface area contributed by atoms with E-state index in [0.717, 1.165) is 0 Å². The summed E-state index contributed by atoms with van der Waals surface area (Å²) in [7, 11) is 0. The fraction of sp³-hybridized carbons (Fsp3) is 0. The second-order valence-corrected chi connectivity index (χ2v) is 4.93. The molecule has 0 bridgehead atoms. The number of fused-ring (bicyclic) bond motifs is 1. The SMILES string of the molecule is O=c1cc(/C=C/c2cc(O)c(O)c(O)c2)oc2cc(O)ccc12. The van der Waals surface area contributed by atoms with Crippen molar-refractivity contribution in [1.82, 2.24) is 0 Å². The van der Waals surface area contributed by atoms with Gasteiger partial charge < -0.3 is 24.8 Å². The molecule has 0 spiro atoms. The zero-order valence-corrected chi connectivity index (χ0v) is 11.7. The average molecular weight is 312 g/mol. The molecule has 0 saturated heterocycles. The number of aromatic hydroxyl groups is 4. The molecule has 0 aliphatic rings. The molecule has 3 aromatic rings. The van der Waals surface area contributed by atoms with Gasteiger partial charge in [0.05, 0.1) is 5.39 Å². The van der Waals surface area contributed by atoms with Crippen LogP contribution in [0.25, 0.3) is 23.1 Å². The van der Waals surface area contributed by atoms with E-state index in [1.165, 1.54) is 48.6 Å². The summed E-state index contributed by atoms with van der Waals surface area (Å²) in [5.74, 6) is -1.31. The van der Waals surface area contributed by atoms with Crippen LogP contribution in [0.1, 0.15) is 11.3 Å². The van der Waals surface area contributed by atoms with Crippen molar-refractivity contribution < 1.29 is 24.8 Å². The molecule has 116 valence electrons. The lowest BCUT2D eigenvalue weighted by atomic mass is 10.1. The van der Waals surface area contributed by atoms with Gasteiger partial charge in [0.1, 0.15) is 17.1 Å². The van der Waals surface area contributed by atoms with E-state index in [1.54, 1.807) is 0 Å². The summed E-state index contributed by atoms with van der Waals surface area (Å²) in [6.45, 7) is 0. The van der Waals surface area contributed by atoms with E-state index in [-0.39, 0.29) is 22.5 Å². The van der Waals surface area contributed by atoms with Gasteiger partial charge in [0.25, 0.3) is 0 Å². The highest BCUT2D eigenvalue weighted by molar-refractivity contribution is 5.79. The Balaban J connectivity index is 2.03. The predicted molar refractivity (Wildman–Crippen MR) is 84.5 cm³/mol. The fourth-order valence-corrected chi connectivity index (χ4v) is 2.14. The lowest BCUT2D eigenvalue weighted by Gasteiger charge is -2.02. The van der Waals surface area contributed by atoms with Crippen molar-refractivity contribution in [1.29, 1.82) is 0 Å². The summed E-state index contributed by atoms with van der Waals surface area (Å²) in [5, 5.41) is 38.0. The maximum atomic E-state index is 12.0. The zero-order chi connectivity index (χ0) is 16.6. The number of phenols is 4. The molecular formula is C17H12O6. The Morgan fingerprint density at radius 3 is 2.26 bits per heavy atom. The van der Waals surface area contributed by atoms with E-state index in [1.807, 2.05) is 0 Å². The van der Waals surface area contributed by atoms with Crippen LogP contribution in [0.3, 0.4) is 0 Å². The van der Waals surface area contributed by atoms with Crippen molar-refractivity contribution in [3.8, 4) is 23.0 Å². The summed E-state index contributed by atoms with van der Waals surface area (Å²) in [6, 6.07) is 7.99. The van der Waals surface area contributed by atoms with Crippen LogP contribution < -0.4 is 5.43 Å². The van der Waals surface area contributed by atoms with Gasteiger partial charge >= 0.3 is 0 Å². The molecule has 1 heterocycles. The Morgan fingerprint density at radius 1 is 0.870 bits per heavy atom. The normalized spacial score (nSPS) is 11.3. The monoisotopic (exact) mass is 312 g/mol. The van der Waals surface area contributed by atoms with Crippen LogP contribution >= 0.6 is 0 Å². The topological polar surface area (TPSA) is 111 Å². The van der Waals surface area contributed by atoms with E-state index in [4.69, 9.17) is 4.42 Å². The van der Waals surface area contributed by atoms with Gasteiger partial charge in [0, 0.05) is 12.1 Å². The Kier molecular flexibility index (Phi) is 3.42. The molecule has 6 nitrogen and oxygen atoms in total. The Morgan fingerprint density at radius 2 is 1.57 bits per heavy atom. The fourth-order valence-electron chi connectivity index (χ4n) is 2.14. The van der Waals surface area contributed by atoms with E-state index >= 15 is 0 Å². The summed E-state index contributed by atoms with van der Waals surface area (Å²) >= 11 is 0. The first-order valence-corrected chi connectivity index (χ1v) is 6.64. The Labute approximate surface area is 129 Å². The van der Waals surface area contributed by atoms with Gasteiger partial charge in [0.2, 0.25) is 0 Å². The molecule has 0 saturated carbocycles. The second-order valence-electron chi connectivity index (χ2n) is 4.93. The standard InChI is InChI=1S/C17H12O6/c18-10-2-4-12-13(19)8-11(23-16(12)7-10)3-1-9-5-14(20)17(22)15(21)6-9/h1-8,18,20-22H/b3-1+. The minimum atomic E-state index is -0.602. The van der Waals surface area contributed by atoms with Gasteiger partial charge in [-0.15, -0.1) is 0 Å². The molecule has 3 rings (SSSR count). The molecule has 1 aromatic heterocycles. The summed E-state index contributed by atoms with van der Waals surface area (Å²) < 4.78 is 5.51. The van der Waals surface area contributed by atoms with E-state index < -0.39 is 17.2 Å². The van der Waals surface area contributed by atoms with Crippen molar-refractivity contribution in [3.05, 3.63) is 57.9 Å². The van der Waals surface area contributed by atoms with Gasteiger partial charge in [-0.2, -0.15) is 0 Å². The van der Waals surface area contributed by atoms with Crippen LogP contribution in [0.4, 0.5) is 0 Å². The number of phenolic OH excluding ortho intramolecular Hbond substituents is 4. The summed E-state index contributed by atoms with van der Waals surface area (Å²) in [4.78, 5) is 12.0. The first-order chi connectivity index (χ1) is 10.9. The highest BCUT2D eigenvalue weighted by Crippen LogP contribution is 2.35. The molecule has 4 N–H and O–H groups in total. The number of benzene rings is 2. The lowest BCUT2D eigenvalue weighted by molar-refractivity contribution is 0.368. The molecule has 0 aliphatic carbocycles. The third-order valence-corrected chi connectivity index (χ3v) is 3.26. The van der Waals surface area contributed by atoms with Crippen LogP contribution in [-0.4, -0.2) is 20.4 Å². The van der Waals surface area contributed by atoms with Gasteiger partial charge in [0.15, 0.2) is 22.7 Å². The molecule has 0 amide bonds. The number of hydrogen-bond acceptors (Lipinski definition) is 6. The van der Waals surface area contributed by atoms with Crippen LogP contribution in [-0.2, 0) is 0 Å². The smallest absolute Gasteiger partial charge is 0.200 e.